The minimum Gasteiger partial charge on any atom is -0.353 e. The highest BCUT2D eigenvalue weighted by Crippen LogP contribution is 2.05. The second-order valence-electron chi connectivity index (χ2n) is 3.27. The molecule has 0 spiro atoms. The van der Waals surface area contributed by atoms with Gasteiger partial charge in [-0.3, -0.25) is 4.79 Å². The molecule has 0 aliphatic heterocycles. The third-order valence-corrected chi connectivity index (χ3v) is 2.10. The Morgan fingerprint density at radius 2 is 2.08 bits per heavy atom. The van der Waals surface area contributed by atoms with Crippen molar-refractivity contribution in [3.63, 3.8) is 0 Å². The summed E-state index contributed by atoms with van der Waals surface area (Å²) in [6.45, 7) is 6.29. The molecule has 1 amide bonds. The van der Waals surface area contributed by atoms with Crippen LogP contribution in [-0.4, -0.2) is 17.8 Å². The van der Waals surface area contributed by atoms with Crippen molar-refractivity contribution in [3.05, 3.63) is 0 Å². The Morgan fingerprint density at radius 3 is 2.42 bits per heavy atom. The summed E-state index contributed by atoms with van der Waals surface area (Å²) in [7, 11) is 0. The van der Waals surface area contributed by atoms with E-state index in [-0.39, 0.29) is 5.91 Å². The molecule has 1 unspecified atom stereocenters. The first-order valence-corrected chi connectivity index (χ1v) is 5.00. The van der Waals surface area contributed by atoms with E-state index < -0.39 is 0 Å². The zero-order chi connectivity index (χ0) is 9.56. The molecule has 0 fully saturated rings. The van der Waals surface area contributed by atoms with Crippen molar-refractivity contribution in [2.75, 3.05) is 5.88 Å². The number of halogens is 1. The maximum absolute atomic E-state index is 11.1. The molecule has 0 aliphatic rings. The van der Waals surface area contributed by atoms with Gasteiger partial charge in [-0.05, 0) is 12.3 Å². The highest BCUT2D eigenvalue weighted by molar-refractivity contribution is 6.18. The summed E-state index contributed by atoms with van der Waals surface area (Å²) in [5.74, 6) is 0.959. The molecule has 0 radical (unpaired) electrons. The van der Waals surface area contributed by atoms with Crippen molar-refractivity contribution in [2.45, 2.75) is 39.7 Å². The van der Waals surface area contributed by atoms with E-state index in [1.54, 1.807) is 0 Å². The summed E-state index contributed by atoms with van der Waals surface area (Å²) < 4.78 is 0. The molecule has 12 heavy (non-hydrogen) atoms. The Balaban J connectivity index is 3.77. The topological polar surface area (TPSA) is 29.1 Å². The first-order chi connectivity index (χ1) is 5.61. The van der Waals surface area contributed by atoms with Gasteiger partial charge in [0.25, 0.3) is 0 Å². The molecule has 72 valence electrons. The van der Waals surface area contributed by atoms with Crippen molar-refractivity contribution in [1.82, 2.24) is 5.32 Å². The van der Waals surface area contributed by atoms with E-state index in [1.165, 1.54) is 0 Å². The standard InChI is InChI=1S/C9H18ClNO/c1-4-8(7(2)3)11-9(12)5-6-10/h7-8H,4-6H2,1-3H3,(H,11,12). The maximum Gasteiger partial charge on any atom is 0.221 e. The number of hydrogen-bond acceptors (Lipinski definition) is 1. The number of carbonyl (C=O) groups is 1. The normalized spacial score (nSPS) is 13.1. The van der Waals surface area contributed by atoms with E-state index in [4.69, 9.17) is 11.6 Å². The van der Waals surface area contributed by atoms with E-state index in [0.29, 0.717) is 24.3 Å². The molecule has 0 rings (SSSR count). The molecule has 1 N–H and O–H groups in total. The highest BCUT2D eigenvalue weighted by atomic mass is 35.5. The van der Waals surface area contributed by atoms with Crippen LogP contribution in [0.25, 0.3) is 0 Å². The molecule has 0 heterocycles. The predicted octanol–water partition coefficient (Wildman–Crippen LogP) is 2.17. The molecule has 0 aromatic heterocycles. The average Bonchev–Trinajstić information content (AvgIpc) is 2.00. The van der Waals surface area contributed by atoms with Crippen LogP contribution in [0, 0.1) is 5.92 Å². The fourth-order valence-electron chi connectivity index (χ4n) is 1.10. The molecule has 0 aliphatic carbocycles. The quantitative estimate of drug-likeness (QED) is 0.664. The second-order valence-corrected chi connectivity index (χ2v) is 3.64. The molecule has 0 bridgehead atoms. The van der Waals surface area contributed by atoms with Gasteiger partial charge in [-0.1, -0.05) is 20.8 Å². The Labute approximate surface area is 79.7 Å². The number of hydrogen-bond donors (Lipinski definition) is 1. The van der Waals surface area contributed by atoms with Crippen molar-refractivity contribution in [3.8, 4) is 0 Å². The molecular formula is C9H18ClNO. The largest absolute Gasteiger partial charge is 0.353 e. The second kappa shape index (κ2) is 6.30. The summed E-state index contributed by atoms with van der Waals surface area (Å²) in [6, 6.07) is 0.292. The minimum absolute atomic E-state index is 0.0607. The smallest absolute Gasteiger partial charge is 0.221 e. The lowest BCUT2D eigenvalue weighted by atomic mass is 10.0. The highest BCUT2D eigenvalue weighted by Gasteiger charge is 2.12. The van der Waals surface area contributed by atoms with E-state index in [9.17, 15) is 4.79 Å². The Bertz CT molecular complexity index is 136. The van der Waals surface area contributed by atoms with Crippen LogP contribution >= 0.6 is 11.6 Å². The minimum atomic E-state index is 0.0607. The van der Waals surface area contributed by atoms with Gasteiger partial charge in [-0.2, -0.15) is 0 Å². The van der Waals surface area contributed by atoms with Gasteiger partial charge in [0.1, 0.15) is 0 Å². The maximum atomic E-state index is 11.1. The Kier molecular flexibility index (Phi) is 6.17. The molecule has 0 aromatic carbocycles. The van der Waals surface area contributed by atoms with Crippen molar-refractivity contribution >= 4 is 17.5 Å². The molecule has 0 saturated carbocycles. The third-order valence-electron chi connectivity index (χ3n) is 1.91. The van der Waals surface area contributed by atoms with Crippen LogP contribution in [0.2, 0.25) is 0 Å². The van der Waals surface area contributed by atoms with Gasteiger partial charge in [-0.15, -0.1) is 11.6 Å². The van der Waals surface area contributed by atoms with E-state index in [2.05, 4.69) is 26.1 Å². The first kappa shape index (κ1) is 11.8. The van der Waals surface area contributed by atoms with Crippen LogP contribution in [0.1, 0.15) is 33.6 Å². The van der Waals surface area contributed by atoms with Gasteiger partial charge in [0, 0.05) is 18.3 Å². The van der Waals surface area contributed by atoms with Crippen LogP contribution in [-0.2, 0) is 4.79 Å². The zero-order valence-electron chi connectivity index (χ0n) is 8.06. The average molecular weight is 192 g/mol. The van der Waals surface area contributed by atoms with Gasteiger partial charge in [0.2, 0.25) is 5.91 Å². The summed E-state index contributed by atoms with van der Waals surface area (Å²) in [6.07, 6.45) is 1.40. The summed E-state index contributed by atoms with van der Waals surface area (Å²) >= 11 is 5.44. The Morgan fingerprint density at radius 1 is 1.50 bits per heavy atom. The number of alkyl halides is 1. The predicted molar refractivity (Wildman–Crippen MR) is 52.4 cm³/mol. The van der Waals surface area contributed by atoms with Crippen molar-refractivity contribution < 1.29 is 4.79 Å². The van der Waals surface area contributed by atoms with Crippen LogP contribution < -0.4 is 5.32 Å². The van der Waals surface area contributed by atoms with Crippen LogP contribution in [0.3, 0.4) is 0 Å². The van der Waals surface area contributed by atoms with Crippen molar-refractivity contribution in [1.29, 1.82) is 0 Å². The molecule has 3 heteroatoms. The fraction of sp³-hybridized carbons (Fsp3) is 0.889. The number of carbonyl (C=O) groups excluding carboxylic acids is 1. The lowest BCUT2D eigenvalue weighted by molar-refractivity contribution is -0.121. The Hall–Kier alpha value is -0.240. The van der Waals surface area contributed by atoms with Crippen LogP contribution in [0.4, 0.5) is 0 Å². The lowest BCUT2D eigenvalue weighted by Crippen LogP contribution is -2.38. The van der Waals surface area contributed by atoms with E-state index in [1.807, 2.05) is 0 Å². The van der Waals surface area contributed by atoms with Gasteiger partial charge in [0.05, 0.1) is 0 Å². The van der Waals surface area contributed by atoms with E-state index in [0.717, 1.165) is 6.42 Å². The third kappa shape index (κ3) is 4.60. The summed E-state index contributed by atoms with van der Waals surface area (Å²) in [5, 5.41) is 2.94. The number of rotatable bonds is 5. The van der Waals surface area contributed by atoms with Gasteiger partial charge in [0.15, 0.2) is 0 Å². The SMILES string of the molecule is CCC(NC(=O)CCCl)C(C)C. The fourth-order valence-corrected chi connectivity index (χ4v) is 1.28. The van der Waals surface area contributed by atoms with Crippen LogP contribution in [0.5, 0.6) is 0 Å². The molecule has 0 saturated heterocycles. The molecular weight excluding hydrogens is 174 g/mol. The van der Waals surface area contributed by atoms with Crippen LogP contribution in [0.15, 0.2) is 0 Å². The zero-order valence-corrected chi connectivity index (χ0v) is 8.82. The number of amides is 1. The van der Waals surface area contributed by atoms with Crippen molar-refractivity contribution in [2.24, 2.45) is 5.92 Å². The van der Waals surface area contributed by atoms with E-state index >= 15 is 0 Å². The molecule has 2 nitrogen and oxygen atoms in total. The lowest BCUT2D eigenvalue weighted by Gasteiger charge is -2.20. The molecule has 0 aromatic rings. The first-order valence-electron chi connectivity index (χ1n) is 4.47. The monoisotopic (exact) mass is 191 g/mol. The summed E-state index contributed by atoms with van der Waals surface area (Å²) in [4.78, 5) is 11.1. The molecule has 1 atom stereocenters. The van der Waals surface area contributed by atoms with Gasteiger partial charge >= 0.3 is 0 Å². The number of nitrogens with one attached hydrogen (secondary N) is 1. The summed E-state index contributed by atoms with van der Waals surface area (Å²) in [5.41, 5.74) is 0. The van der Waals surface area contributed by atoms with Gasteiger partial charge in [-0.25, -0.2) is 0 Å². The van der Waals surface area contributed by atoms with Gasteiger partial charge < -0.3 is 5.32 Å².